The predicted molar refractivity (Wildman–Crippen MR) is 167 cm³/mol. The Kier molecular flexibility index (Phi) is 8.65. The van der Waals surface area contributed by atoms with Gasteiger partial charge in [0.05, 0.1) is 25.6 Å². The number of hydrogen-bond acceptors (Lipinski definition) is 12. The van der Waals surface area contributed by atoms with Crippen LogP contribution in [0.2, 0.25) is 0 Å². The van der Waals surface area contributed by atoms with Gasteiger partial charge in [-0.2, -0.15) is 0 Å². The van der Waals surface area contributed by atoms with Gasteiger partial charge in [-0.1, -0.05) is 47.6 Å². The van der Waals surface area contributed by atoms with Crippen LogP contribution in [-0.2, 0) is 42.9 Å². The first-order valence-electron chi connectivity index (χ1n) is 16.3. The SMILES string of the molecule is CC=C(C)C(=O)O[C@H]1C(C)(C)[C@H](CC(=O)OC)[C@]2(C)C(=O)[C@@]1(O)[C@@H](OC(=O)C(C)C)[C@]1(O)C3=CC(=O)O[C@@H](c4ccoc4)[C@]3(C)CC[C@H]21. The van der Waals surface area contributed by atoms with Gasteiger partial charge >= 0.3 is 23.9 Å². The molecule has 1 aromatic heterocycles. The molecule has 2 heterocycles. The van der Waals surface area contributed by atoms with Gasteiger partial charge in [-0.15, -0.1) is 0 Å². The van der Waals surface area contributed by atoms with Crippen molar-refractivity contribution in [2.45, 2.75) is 104 Å². The van der Waals surface area contributed by atoms with Gasteiger partial charge in [-0.05, 0) is 44.2 Å². The minimum atomic E-state index is -2.84. The zero-order chi connectivity index (χ0) is 35.8. The van der Waals surface area contributed by atoms with Crippen LogP contribution < -0.4 is 0 Å². The predicted octanol–water partition coefficient (Wildman–Crippen LogP) is 3.94. The van der Waals surface area contributed by atoms with Gasteiger partial charge in [0, 0.05) is 45.8 Å². The van der Waals surface area contributed by atoms with E-state index in [2.05, 4.69) is 0 Å². The largest absolute Gasteiger partial charge is 0.472 e. The van der Waals surface area contributed by atoms with Crippen molar-refractivity contribution in [3.05, 3.63) is 47.5 Å². The van der Waals surface area contributed by atoms with Crippen LogP contribution >= 0.6 is 0 Å². The Hall–Kier alpha value is -3.77. The van der Waals surface area contributed by atoms with Crippen LogP contribution in [-0.4, -0.2) is 70.4 Å². The summed E-state index contributed by atoms with van der Waals surface area (Å²) < 4.78 is 28.2. The van der Waals surface area contributed by atoms with Crippen LogP contribution in [0.25, 0.3) is 0 Å². The van der Waals surface area contributed by atoms with Crippen LogP contribution in [0.15, 0.2) is 46.3 Å². The van der Waals surface area contributed by atoms with E-state index in [4.69, 9.17) is 23.4 Å². The first kappa shape index (κ1) is 35.5. The maximum atomic E-state index is 15.1. The zero-order valence-corrected chi connectivity index (χ0v) is 28.9. The smallest absolute Gasteiger partial charge is 0.333 e. The highest BCUT2D eigenvalue weighted by atomic mass is 16.6. The summed E-state index contributed by atoms with van der Waals surface area (Å²) in [7, 11) is 1.21. The molecule has 12 heteroatoms. The Balaban J connectivity index is 1.85. The number of rotatable bonds is 7. The molecule has 5 rings (SSSR count). The van der Waals surface area contributed by atoms with E-state index in [1.807, 2.05) is 0 Å². The molecule has 48 heavy (non-hydrogen) atoms. The highest BCUT2D eigenvalue weighted by Crippen LogP contribution is 2.71. The molecule has 0 aromatic carbocycles. The number of ether oxygens (including phenoxy) is 4. The molecule has 12 nitrogen and oxygen atoms in total. The van der Waals surface area contributed by atoms with E-state index in [1.165, 1.54) is 32.6 Å². The van der Waals surface area contributed by atoms with Gasteiger partial charge in [0.2, 0.25) is 5.60 Å². The molecule has 3 fully saturated rings. The molecule has 0 unspecified atom stereocenters. The third kappa shape index (κ3) is 4.73. The average Bonchev–Trinajstić information content (AvgIpc) is 3.57. The monoisotopic (exact) mass is 670 g/mol. The van der Waals surface area contributed by atoms with Gasteiger partial charge in [0.1, 0.15) is 17.8 Å². The Morgan fingerprint density at radius 1 is 1.06 bits per heavy atom. The number of carbonyl (C=O) groups excluding carboxylic acids is 5. The zero-order valence-electron chi connectivity index (χ0n) is 28.9. The highest BCUT2D eigenvalue weighted by molar-refractivity contribution is 5.99. The van der Waals surface area contributed by atoms with Gasteiger partial charge in [0.25, 0.3) is 0 Å². The fraction of sp³-hybridized carbons (Fsp3) is 0.639. The summed E-state index contributed by atoms with van der Waals surface area (Å²) in [6, 6.07) is 1.64. The van der Waals surface area contributed by atoms with Crippen LogP contribution in [0.5, 0.6) is 0 Å². The maximum absolute atomic E-state index is 15.1. The van der Waals surface area contributed by atoms with E-state index < -0.39 is 93.2 Å². The minimum Gasteiger partial charge on any atom is -0.472 e. The lowest BCUT2D eigenvalue weighted by atomic mass is 9.35. The minimum absolute atomic E-state index is 0.0960. The number of methoxy groups -OCH3 is 1. The van der Waals surface area contributed by atoms with Gasteiger partial charge in [0.15, 0.2) is 11.9 Å². The lowest BCUT2D eigenvalue weighted by molar-refractivity contribution is -0.312. The summed E-state index contributed by atoms with van der Waals surface area (Å²) in [6.45, 7) is 13.0. The molecular formula is C36H46O12. The van der Waals surface area contributed by atoms with E-state index in [-0.39, 0.29) is 24.0 Å². The molecule has 1 aromatic rings. The van der Waals surface area contributed by atoms with E-state index >= 15 is 4.79 Å². The third-order valence-electron chi connectivity index (χ3n) is 11.8. The summed E-state index contributed by atoms with van der Waals surface area (Å²) >= 11 is 0. The van der Waals surface area contributed by atoms with Crippen LogP contribution in [0.4, 0.5) is 0 Å². The number of fused-ring (bicyclic) bond motifs is 6. The second kappa shape index (κ2) is 11.7. The molecule has 2 bridgehead atoms. The number of ketones is 1. The Labute approximate surface area is 279 Å². The summed E-state index contributed by atoms with van der Waals surface area (Å²) in [6.07, 6.45) is 0.911. The molecule has 3 aliphatic carbocycles. The molecule has 0 amide bonds. The van der Waals surface area contributed by atoms with Crippen molar-refractivity contribution >= 4 is 29.7 Å². The lowest BCUT2D eigenvalue weighted by Gasteiger charge is -2.71. The summed E-state index contributed by atoms with van der Waals surface area (Å²) in [5, 5.41) is 26.5. The second-order valence-corrected chi connectivity index (χ2v) is 15.1. The van der Waals surface area contributed by atoms with Crippen molar-refractivity contribution in [1.29, 1.82) is 0 Å². The van der Waals surface area contributed by atoms with E-state index in [0.717, 1.165) is 6.08 Å². The Morgan fingerprint density at radius 2 is 1.73 bits per heavy atom. The number of esters is 4. The highest BCUT2D eigenvalue weighted by Gasteiger charge is 2.84. The molecule has 9 atom stereocenters. The maximum Gasteiger partial charge on any atom is 0.333 e. The molecule has 262 valence electrons. The lowest BCUT2D eigenvalue weighted by Crippen LogP contribution is -2.86. The number of aliphatic hydroxyl groups is 2. The van der Waals surface area contributed by atoms with Crippen LogP contribution in [0.3, 0.4) is 0 Å². The normalized spacial score (nSPS) is 38.6. The van der Waals surface area contributed by atoms with Crippen molar-refractivity contribution in [2.24, 2.45) is 34.0 Å². The third-order valence-corrected chi connectivity index (χ3v) is 11.8. The Bertz CT molecular complexity index is 1580. The molecule has 1 aliphatic heterocycles. The molecular weight excluding hydrogens is 624 g/mol. The second-order valence-electron chi connectivity index (χ2n) is 15.1. The fourth-order valence-corrected chi connectivity index (χ4v) is 9.28. The number of furan rings is 1. The average molecular weight is 671 g/mol. The molecule has 2 N–H and O–H groups in total. The van der Waals surface area contributed by atoms with Gasteiger partial charge in [-0.25, -0.2) is 9.59 Å². The first-order valence-corrected chi connectivity index (χ1v) is 16.3. The van der Waals surface area contributed by atoms with E-state index in [9.17, 15) is 29.4 Å². The number of carbonyl (C=O) groups is 5. The summed E-state index contributed by atoms with van der Waals surface area (Å²) in [5.41, 5.74) is -8.59. The quantitative estimate of drug-likeness (QED) is 0.243. The molecule has 0 saturated heterocycles. The van der Waals surface area contributed by atoms with Gasteiger partial charge < -0.3 is 33.6 Å². The number of hydrogen-bond donors (Lipinski definition) is 2. The van der Waals surface area contributed by atoms with Crippen LogP contribution in [0, 0.1) is 34.0 Å². The summed E-state index contributed by atoms with van der Waals surface area (Å²) in [4.78, 5) is 68.5. The van der Waals surface area contributed by atoms with Crippen molar-refractivity contribution in [1.82, 2.24) is 0 Å². The number of cyclic esters (lactones) is 1. The number of Topliss-reactive ketones (excluding diaryl/α,β-unsaturated/α-hetero) is 1. The standard InChI is InChI=1S/C36H46O12/c1-10-19(4)28(40)48-30-32(5,6)22(15-24(37)44-9)34(8)21-11-13-33(7)23(16-25(38)46-26(33)20-12-14-45-17-20)35(21,42)31(36(30,43)29(34)41)47-27(39)18(2)3/h10,12,14,16-18,21-22,26,30-31,42-43H,11,13,15H2,1-9H3/t21-,22+,26+,30+,31+,33-,34-,35-,36+/m1/s1. The molecule has 0 spiro atoms. The topological polar surface area (TPSA) is 176 Å². The summed E-state index contributed by atoms with van der Waals surface area (Å²) in [5.74, 6) is -6.78. The Morgan fingerprint density at radius 3 is 2.29 bits per heavy atom. The van der Waals surface area contributed by atoms with Gasteiger partial charge in [-0.3, -0.25) is 14.4 Å². The van der Waals surface area contributed by atoms with Crippen molar-refractivity contribution in [2.75, 3.05) is 7.11 Å². The molecule has 3 saturated carbocycles. The van der Waals surface area contributed by atoms with Crippen molar-refractivity contribution < 1.29 is 57.6 Å². The van der Waals surface area contributed by atoms with E-state index in [1.54, 1.807) is 54.5 Å². The van der Waals surface area contributed by atoms with E-state index in [0.29, 0.717) is 12.0 Å². The van der Waals surface area contributed by atoms with Crippen LogP contribution in [0.1, 0.15) is 86.3 Å². The first-order chi connectivity index (χ1) is 22.3. The van der Waals surface area contributed by atoms with Crippen molar-refractivity contribution in [3.63, 3.8) is 0 Å². The van der Waals surface area contributed by atoms with Crippen molar-refractivity contribution in [3.8, 4) is 0 Å². The molecule has 0 radical (unpaired) electrons. The molecule has 4 aliphatic rings. The number of allylic oxidation sites excluding steroid dienone is 1. The fourth-order valence-electron chi connectivity index (χ4n) is 9.28.